The van der Waals surface area contributed by atoms with Crippen LogP contribution in [0.25, 0.3) is 0 Å². The lowest BCUT2D eigenvalue weighted by atomic mass is 10.0. The highest BCUT2D eigenvalue weighted by molar-refractivity contribution is 8.13. The van der Waals surface area contributed by atoms with Gasteiger partial charge in [-0.2, -0.15) is 0 Å². The second-order valence-corrected chi connectivity index (χ2v) is 5.50. The molecule has 7 heteroatoms. The summed E-state index contributed by atoms with van der Waals surface area (Å²) >= 11 is 1.23. The first-order chi connectivity index (χ1) is 11.5. The summed E-state index contributed by atoms with van der Waals surface area (Å²) in [6.45, 7) is 0. The fraction of sp³-hybridized carbons (Fsp3) is 0.118. The summed E-state index contributed by atoms with van der Waals surface area (Å²) in [6, 6.07) is 13.8. The number of nitrogens with one attached hydrogen (secondary N) is 1. The van der Waals surface area contributed by atoms with E-state index in [1.54, 1.807) is 48.7 Å². The number of carbonyl (C=O) groups excluding carboxylic acids is 2. The van der Waals surface area contributed by atoms with E-state index in [1.165, 1.54) is 18.9 Å². The van der Waals surface area contributed by atoms with Crippen molar-refractivity contribution in [3.05, 3.63) is 59.7 Å². The molecule has 24 heavy (non-hydrogen) atoms. The fourth-order valence-electron chi connectivity index (χ4n) is 1.91. The number of carbonyl (C=O) groups is 2. The summed E-state index contributed by atoms with van der Waals surface area (Å²) in [4.78, 5) is 28.1. The first-order valence-corrected chi connectivity index (χ1v) is 8.24. The maximum atomic E-state index is 12.5. The van der Waals surface area contributed by atoms with Gasteiger partial charge in [0.2, 0.25) is 0 Å². The molecule has 3 N–H and O–H groups in total. The Labute approximate surface area is 144 Å². The Balaban J connectivity index is 2.34. The van der Waals surface area contributed by atoms with Crippen molar-refractivity contribution in [2.45, 2.75) is 0 Å². The molecule has 0 unspecified atom stereocenters. The molecule has 0 atom stereocenters. The van der Waals surface area contributed by atoms with Crippen LogP contribution < -0.4 is 11.1 Å². The standard InChI is InChI=1S/C17H17N3O3S/c1-23-17(22)20-16(24-2)19-14-10-12(8-9-13(14)18)15(21)11-6-4-3-5-7-11/h3-10H,18H2,1-2H3,(H,19,20,22). The van der Waals surface area contributed by atoms with Crippen molar-refractivity contribution in [3.63, 3.8) is 0 Å². The lowest BCUT2D eigenvalue weighted by Crippen LogP contribution is -2.27. The number of amidine groups is 1. The van der Waals surface area contributed by atoms with Gasteiger partial charge in [0.25, 0.3) is 0 Å². The minimum atomic E-state index is -0.627. The quantitative estimate of drug-likeness (QED) is 0.386. The molecule has 124 valence electrons. The minimum Gasteiger partial charge on any atom is -0.453 e. The number of ketones is 1. The van der Waals surface area contributed by atoms with E-state index in [9.17, 15) is 9.59 Å². The Morgan fingerprint density at radius 3 is 2.46 bits per heavy atom. The fourth-order valence-corrected chi connectivity index (χ4v) is 2.29. The molecule has 2 rings (SSSR count). The Morgan fingerprint density at radius 1 is 1.12 bits per heavy atom. The molecule has 0 saturated carbocycles. The van der Waals surface area contributed by atoms with Crippen molar-refractivity contribution in [2.75, 3.05) is 19.1 Å². The number of methoxy groups -OCH3 is 1. The van der Waals surface area contributed by atoms with E-state index < -0.39 is 6.09 Å². The number of thioether (sulfide) groups is 1. The summed E-state index contributed by atoms with van der Waals surface area (Å²) in [7, 11) is 1.26. The van der Waals surface area contributed by atoms with Gasteiger partial charge < -0.3 is 10.5 Å². The molecule has 0 saturated heterocycles. The number of hydrogen-bond donors (Lipinski definition) is 2. The molecule has 0 aliphatic rings. The van der Waals surface area contributed by atoms with Gasteiger partial charge in [0.05, 0.1) is 18.5 Å². The zero-order valence-electron chi connectivity index (χ0n) is 13.3. The third-order valence-corrected chi connectivity index (χ3v) is 3.72. The van der Waals surface area contributed by atoms with Gasteiger partial charge in [-0.15, -0.1) is 0 Å². The third kappa shape index (κ3) is 4.36. The number of aliphatic imine (C=N–C) groups is 1. The van der Waals surface area contributed by atoms with Gasteiger partial charge in [-0.1, -0.05) is 42.1 Å². The highest BCUT2D eigenvalue weighted by Crippen LogP contribution is 2.25. The first kappa shape index (κ1) is 17.6. The van der Waals surface area contributed by atoms with Crippen LogP contribution in [-0.2, 0) is 4.74 Å². The van der Waals surface area contributed by atoms with E-state index in [4.69, 9.17) is 5.73 Å². The number of amides is 1. The smallest absolute Gasteiger partial charge is 0.412 e. The average molecular weight is 343 g/mol. The highest BCUT2D eigenvalue weighted by Gasteiger charge is 2.12. The van der Waals surface area contributed by atoms with Crippen molar-refractivity contribution in [2.24, 2.45) is 4.99 Å². The van der Waals surface area contributed by atoms with E-state index >= 15 is 0 Å². The normalized spacial score (nSPS) is 11.0. The molecular formula is C17H17N3O3S. The van der Waals surface area contributed by atoms with Gasteiger partial charge in [0.1, 0.15) is 0 Å². The van der Waals surface area contributed by atoms with Crippen LogP contribution in [0.3, 0.4) is 0 Å². The van der Waals surface area contributed by atoms with Crippen molar-refractivity contribution in [3.8, 4) is 0 Å². The van der Waals surface area contributed by atoms with Crippen LogP contribution in [0.2, 0.25) is 0 Å². The Kier molecular flexibility index (Phi) is 5.97. The summed E-state index contributed by atoms with van der Waals surface area (Å²) in [5.74, 6) is -0.126. The predicted octanol–water partition coefficient (Wildman–Crippen LogP) is 3.21. The van der Waals surface area contributed by atoms with E-state index in [1.807, 2.05) is 6.07 Å². The van der Waals surface area contributed by atoms with Gasteiger partial charge in [-0.05, 0) is 24.5 Å². The predicted molar refractivity (Wildman–Crippen MR) is 96.9 cm³/mol. The Hall–Kier alpha value is -2.80. The van der Waals surface area contributed by atoms with Crippen LogP contribution in [0.15, 0.2) is 53.5 Å². The number of alkyl carbamates (subject to hydrolysis) is 1. The van der Waals surface area contributed by atoms with Crippen molar-refractivity contribution >= 4 is 40.2 Å². The number of anilines is 1. The topological polar surface area (TPSA) is 93.8 Å². The van der Waals surface area contributed by atoms with E-state index in [0.29, 0.717) is 27.7 Å². The number of rotatable bonds is 3. The van der Waals surface area contributed by atoms with E-state index in [0.717, 1.165) is 0 Å². The average Bonchev–Trinajstić information content (AvgIpc) is 2.62. The molecule has 0 spiro atoms. The molecule has 2 aromatic carbocycles. The zero-order chi connectivity index (χ0) is 17.5. The summed E-state index contributed by atoms with van der Waals surface area (Å²) in [5.41, 5.74) is 7.77. The second kappa shape index (κ2) is 8.16. The highest BCUT2D eigenvalue weighted by atomic mass is 32.2. The van der Waals surface area contributed by atoms with Crippen LogP contribution >= 0.6 is 11.8 Å². The van der Waals surface area contributed by atoms with Crippen molar-refractivity contribution < 1.29 is 14.3 Å². The van der Waals surface area contributed by atoms with E-state index in [2.05, 4.69) is 15.0 Å². The van der Waals surface area contributed by atoms with Gasteiger partial charge in [-0.25, -0.2) is 9.79 Å². The second-order valence-electron chi connectivity index (χ2n) is 4.71. The molecule has 0 heterocycles. The first-order valence-electron chi connectivity index (χ1n) is 7.02. The number of ether oxygens (including phenoxy) is 1. The molecule has 0 radical (unpaired) electrons. The Bertz CT molecular complexity index is 776. The molecule has 0 aromatic heterocycles. The van der Waals surface area contributed by atoms with Gasteiger partial charge in [-0.3, -0.25) is 10.1 Å². The number of nitrogens with zero attached hydrogens (tertiary/aromatic N) is 1. The third-order valence-electron chi connectivity index (χ3n) is 3.14. The maximum Gasteiger partial charge on any atom is 0.412 e. The van der Waals surface area contributed by atoms with Crippen molar-refractivity contribution in [1.29, 1.82) is 0 Å². The number of benzene rings is 2. The number of nitrogen functional groups attached to an aromatic ring is 1. The zero-order valence-corrected chi connectivity index (χ0v) is 14.1. The SMILES string of the molecule is COC(=O)NC(=Nc1cc(C(=O)c2ccccc2)ccc1N)SC. The van der Waals surface area contributed by atoms with Crippen LogP contribution in [0.4, 0.5) is 16.2 Å². The van der Waals surface area contributed by atoms with E-state index in [-0.39, 0.29) is 5.78 Å². The number of hydrogen-bond acceptors (Lipinski definition) is 6. The Morgan fingerprint density at radius 2 is 1.83 bits per heavy atom. The summed E-state index contributed by atoms with van der Waals surface area (Å²) in [5, 5.41) is 2.80. The molecule has 0 bridgehead atoms. The van der Waals surface area contributed by atoms with Gasteiger partial charge in [0, 0.05) is 11.1 Å². The molecule has 1 amide bonds. The van der Waals surface area contributed by atoms with Crippen LogP contribution in [0.1, 0.15) is 15.9 Å². The van der Waals surface area contributed by atoms with Gasteiger partial charge in [0.15, 0.2) is 11.0 Å². The minimum absolute atomic E-state index is 0.126. The molecule has 0 fully saturated rings. The van der Waals surface area contributed by atoms with Gasteiger partial charge >= 0.3 is 6.09 Å². The van der Waals surface area contributed by atoms with Crippen LogP contribution in [-0.4, -0.2) is 30.4 Å². The van der Waals surface area contributed by atoms with Crippen LogP contribution in [0, 0.1) is 0 Å². The molecular weight excluding hydrogens is 326 g/mol. The lowest BCUT2D eigenvalue weighted by Gasteiger charge is -2.08. The summed E-state index contributed by atoms with van der Waals surface area (Å²) < 4.78 is 4.54. The van der Waals surface area contributed by atoms with Crippen LogP contribution in [0.5, 0.6) is 0 Å². The molecule has 2 aromatic rings. The lowest BCUT2D eigenvalue weighted by molar-refractivity contribution is 0.103. The maximum absolute atomic E-state index is 12.5. The largest absolute Gasteiger partial charge is 0.453 e. The number of nitrogens with two attached hydrogens (primary N) is 1. The molecule has 0 aliphatic carbocycles. The monoisotopic (exact) mass is 343 g/mol. The molecule has 0 aliphatic heterocycles. The van der Waals surface area contributed by atoms with Crippen molar-refractivity contribution in [1.82, 2.24) is 5.32 Å². The molecule has 6 nitrogen and oxygen atoms in total. The summed E-state index contributed by atoms with van der Waals surface area (Å²) in [6.07, 6.45) is 1.13.